The van der Waals surface area contributed by atoms with Crippen LogP contribution < -0.4 is 11.5 Å². The lowest BCUT2D eigenvalue weighted by atomic mass is 10.1. The normalized spacial score (nSPS) is 10.1. The molecule has 2 aromatic carbocycles. The Labute approximate surface area is 138 Å². The fourth-order valence-corrected chi connectivity index (χ4v) is 2.36. The summed E-state index contributed by atoms with van der Waals surface area (Å²) in [6.45, 7) is 0. The molecule has 0 atom stereocenters. The third kappa shape index (κ3) is 3.10. The molecule has 112 valence electrons. The number of aromatic nitrogens is 1. The number of carbonyl (C=O) groups is 1. The van der Waals surface area contributed by atoms with Gasteiger partial charge in [-0.15, -0.1) is 0 Å². The predicted octanol–water partition coefficient (Wildman–Crippen LogP) is 2.97. The van der Waals surface area contributed by atoms with Crippen molar-refractivity contribution in [3.05, 3.63) is 70.4 Å². The topological polar surface area (TPSA) is 82.0 Å². The van der Waals surface area contributed by atoms with Crippen LogP contribution in [-0.4, -0.2) is 10.9 Å². The molecule has 4 nitrogen and oxygen atoms in total. The van der Waals surface area contributed by atoms with Gasteiger partial charge in [-0.1, -0.05) is 29.5 Å². The third-order valence-corrected chi connectivity index (χ3v) is 3.62. The molecule has 0 aliphatic carbocycles. The number of fused-ring (bicyclic) bond motifs is 1. The Morgan fingerprint density at radius 1 is 1.09 bits per heavy atom. The van der Waals surface area contributed by atoms with Crippen LogP contribution in [0.2, 0.25) is 5.02 Å². The van der Waals surface area contributed by atoms with Crippen molar-refractivity contribution in [1.29, 1.82) is 0 Å². The summed E-state index contributed by atoms with van der Waals surface area (Å²) in [4.78, 5) is 15.2. The average molecular weight is 322 g/mol. The molecule has 0 saturated heterocycles. The van der Waals surface area contributed by atoms with E-state index in [2.05, 4.69) is 16.8 Å². The van der Waals surface area contributed by atoms with Crippen molar-refractivity contribution in [2.75, 3.05) is 5.73 Å². The summed E-state index contributed by atoms with van der Waals surface area (Å²) in [5.74, 6) is 5.93. The largest absolute Gasteiger partial charge is 0.383 e. The molecule has 3 rings (SSSR count). The first-order valence-electron chi connectivity index (χ1n) is 6.80. The summed E-state index contributed by atoms with van der Waals surface area (Å²) in [5.41, 5.74) is 13.0. The van der Waals surface area contributed by atoms with Gasteiger partial charge in [0.1, 0.15) is 5.82 Å². The molecule has 1 heterocycles. The summed E-state index contributed by atoms with van der Waals surface area (Å²) >= 11 is 6.05. The van der Waals surface area contributed by atoms with E-state index in [1.165, 1.54) is 0 Å². The molecule has 5 heteroatoms. The van der Waals surface area contributed by atoms with Gasteiger partial charge in [0.15, 0.2) is 0 Å². The van der Waals surface area contributed by atoms with Crippen LogP contribution in [0.1, 0.15) is 21.5 Å². The number of nitrogen functional groups attached to an aromatic ring is 1. The van der Waals surface area contributed by atoms with Crippen molar-refractivity contribution in [2.24, 2.45) is 5.73 Å². The molecular weight excluding hydrogens is 310 g/mol. The van der Waals surface area contributed by atoms with E-state index in [0.717, 1.165) is 16.3 Å². The fraction of sp³-hybridized carbons (Fsp3) is 0. The lowest BCUT2D eigenvalue weighted by Gasteiger charge is -2.04. The first-order chi connectivity index (χ1) is 11.0. The molecule has 0 aliphatic heterocycles. The summed E-state index contributed by atoms with van der Waals surface area (Å²) in [6.07, 6.45) is 1.69. The van der Waals surface area contributed by atoms with Gasteiger partial charge in [0.25, 0.3) is 0 Å². The lowest BCUT2D eigenvalue weighted by Crippen LogP contribution is -2.10. The number of amides is 1. The van der Waals surface area contributed by atoms with Crippen molar-refractivity contribution in [3.8, 4) is 11.8 Å². The van der Waals surface area contributed by atoms with Gasteiger partial charge in [0.2, 0.25) is 5.91 Å². The molecule has 1 aromatic heterocycles. The number of nitrogens with zero attached hydrogens (tertiary/aromatic N) is 1. The summed E-state index contributed by atoms with van der Waals surface area (Å²) in [5, 5.41) is 2.38. The molecule has 1 amide bonds. The van der Waals surface area contributed by atoms with Gasteiger partial charge in [-0.2, -0.15) is 0 Å². The van der Waals surface area contributed by atoms with Crippen molar-refractivity contribution < 1.29 is 4.79 Å². The quantitative estimate of drug-likeness (QED) is 0.676. The number of nitrogens with two attached hydrogens (primary N) is 2. The van der Waals surface area contributed by atoms with Gasteiger partial charge in [-0.3, -0.25) is 4.79 Å². The van der Waals surface area contributed by atoms with Gasteiger partial charge in [-0.25, -0.2) is 4.98 Å². The third-order valence-electron chi connectivity index (χ3n) is 3.38. The van der Waals surface area contributed by atoms with E-state index in [1.54, 1.807) is 36.5 Å². The lowest BCUT2D eigenvalue weighted by molar-refractivity contribution is 0.100. The summed E-state index contributed by atoms with van der Waals surface area (Å²) in [7, 11) is 0. The van der Waals surface area contributed by atoms with Crippen LogP contribution in [0.5, 0.6) is 0 Å². The second kappa shape index (κ2) is 5.99. The van der Waals surface area contributed by atoms with Gasteiger partial charge >= 0.3 is 0 Å². The van der Waals surface area contributed by atoms with Crippen LogP contribution in [0, 0.1) is 11.8 Å². The molecule has 3 aromatic rings. The first kappa shape index (κ1) is 14.9. The molecule has 23 heavy (non-hydrogen) atoms. The van der Waals surface area contributed by atoms with Crippen molar-refractivity contribution in [3.63, 3.8) is 0 Å². The maximum atomic E-state index is 11.1. The molecular formula is C18H12ClN3O. The Kier molecular flexibility index (Phi) is 3.88. The Bertz CT molecular complexity index is 964. The Hall–Kier alpha value is -3.03. The Morgan fingerprint density at radius 3 is 2.52 bits per heavy atom. The molecule has 0 radical (unpaired) electrons. The molecule has 4 N–H and O–H groups in total. The number of pyridine rings is 1. The van der Waals surface area contributed by atoms with Crippen LogP contribution >= 0.6 is 11.6 Å². The number of anilines is 1. The van der Waals surface area contributed by atoms with E-state index in [-0.39, 0.29) is 0 Å². The zero-order valence-electron chi connectivity index (χ0n) is 12.0. The zero-order valence-corrected chi connectivity index (χ0v) is 12.8. The van der Waals surface area contributed by atoms with Gasteiger partial charge in [0, 0.05) is 33.1 Å². The highest BCUT2D eigenvalue weighted by atomic mass is 35.5. The number of primary amides is 1. The number of carbonyl (C=O) groups excluding carboxylic acids is 1. The standard InChI is InChI=1S/C18H12ClN3O/c19-14-7-6-13-10-22-17(20)15(16(13)9-14)8-3-11-1-4-12(5-2-11)18(21)23/h1-2,4-7,9-10H,(H2,20,22)(H2,21,23). The van der Waals surface area contributed by atoms with E-state index >= 15 is 0 Å². The highest BCUT2D eigenvalue weighted by molar-refractivity contribution is 6.31. The average Bonchev–Trinajstić information content (AvgIpc) is 2.54. The molecule has 0 bridgehead atoms. The van der Waals surface area contributed by atoms with E-state index in [4.69, 9.17) is 23.1 Å². The highest BCUT2D eigenvalue weighted by Gasteiger charge is 2.05. The molecule has 0 aliphatic rings. The molecule has 0 spiro atoms. The van der Waals surface area contributed by atoms with Crippen LogP contribution in [0.15, 0.2) is 48.7 Å². The number of hydrogen-bond acceptors (Lipinski definition) is 3. The monoisotopic (exact) mass is 321 g/mol. The second-order valence-corrected chi connectivity index (χ2v) is 5.38. The fourth-order valence-electron chi connectivity index (χ4n) is 2.18. The maximum absolute atomic E-state index is 11.1. The SMILES string of the molecule is NC(=O)c1ccc(C#Cc2c(N)ncc3ccc(Cl)cc23)cc1. The van der Waals surface area contributed by atoms with E-state index in [9.17, 15) is 4.79 Å². The van der Waals surface area contributed by atoms with E-state index in [0.29, 0.717) is 22.0 Å². The van der Waals surface area contributed by atoms with Crippen molar-refractivity contribution in [1.82, 2.24) is 4.98 Å². The van der Waals surface area contributed by atoms with E-state index < -0.39 is 5.91 Å². The smallest absolute Gasteiger partial charge is 0.248 e. The number of halogens is 1. The van der Waals surface area contributed by atoms with Crippen molar-refractivity contribution in [2.45, 2.75) is 0 Å². The highest BCUT2D eigenvalue weighted by Crippen LogP contribution is 2.24. The van der Waals surface area contributed by atoms with Gasteiger partial charge in [-0.05, 0) is 36.4 Å². The molecule has 0 unspecified atom stereocenters. The molecule has 0 fully saturated rings. The van der Waals surface area contributed by atoms with Crippen LogP contribution in [0.25, 0.3) is 10.8 Å². The van der Waals surface area contributed by atoms with Crippen LogP contribution in [-0.2, 0) is 0 Å². The van der Waals surface area contributed by atoms with Crippen LogP contribution in [0.4, 0.5) is 5.82 Å². The second-order valence-electron chi connectivity index (χ2n) is 4.94. The summed E-state index contributed by atoms with van der Waals surface area (Å²) < 4.78 is 0. The predicted molar refractivity (Wildman–Crippen MR) is 92.1 cm³/mol. The minimum absolute atomic E-state index is 0.348. The van der Waals surface area contributed by atoms with Gasteiger partial charge < -0.3 is 11.5 Å². The Morgan fingerprint density at radius 2 is 1.83 bits per heavy atom. The van der Waals surface area contributed by atoms with Gasteiger partial charge in [0.05, 0.1) is 5.56 Å². The number of hydrogen-bond donors (Lipinski definition) is 2. The first-order valence-corrected chi connectivity index (χ1v) is 7.18. The minimum atomic E-state index is -0.471. The number of benzene rings is 2. The number of rotatable bonds is 1. The van der Waals surface area contributed by atoms with E-state index in [1.807, 2.05) is 12.1 Å². The maximum Gasteiger partial charge on any atom is 0.248 e. The minimum Gasteiger partial charge on any atom is -0.383 e. The molecule has 0 saturated carbocycles. The summed E-state index contributed by atoms with van der Waals surface area (Å²) in [6, 6.07) is 12.2. The Balaban J connectivity index is 2.06. The zero-order chi connectivity index (χ0) is 16.4. The van der Waals surface area contributed by atoms with Crippen molar-refractivity contribution >= 4 is 34.1 Å². The van der Waals surface area contributed by atoms with Crippen LogP contribution in [0.3, 0.4) is 0 Å².